The third-order valence-corrected chi connectivity index (χ3v) is 4.11. The summed E-state index contributed by atoms with van der Waals surface area (Å²) in [5, 5.41) is 0. The van der Waals surface area contributed by atoms with Crippen LogP contribution in [0.3, 0.4) is 0 Å². The van der Waals surface area contributed by atoms with Crippen molar-refractivity contribution < 1.29 is 0 Å². The van der Waals surface area contributed by atoms with Gasteiger partial charge in [0.25, 0.3) is 0 Å². The van der Waals surface area contributed by atoms with E-state index in [-0.39, 0.29) is 0 Å². The van der Waals surface area contributed by atoms with Crippen molar-refractivity contribution >= 4 is 0 Å². The second-order valence-electron chi connectivity index (χ2n) is 4.97. The molecule has 0 aromatic heterocycles. The van der Waals surface area contributed by atoms with Gasteiger partial charge in [0.2, 0.25) is 0 Å². The Balaban J connectivity index is 1.76. The molecule has 2 rings (SSSR count). The van der Waals surface area contributed by atoms with E-state index in [0.717, 1.165) is 17.9 Å². The molecule has 0 N–H and O–H groups in total. The Morgan fingerprint density at radius 2 is 1.77 bits per heavy atom. The summed E-state index contributed by atoms with van der Waals surface area (Å²) in [7, 11) is 0. The van der Waals surface area contributed by atoms with Gasteiger partial charge in [0.15, 0.2) is 0 Å². The molecule has 1 nitrogen and oxygen atoms in total. The first-order valence-corrected chi connectivity index (χ1v) is 6.05. The van der Waals surface area contributed by atoms with E-state index in [2.05, 4.69) is 18.7 Å². The van der Waals surface area contributed by atoms with Gasteiger partial charge in [-0.3, -0.25) is 0 Å². The van der Waals surface area contributed by atoms with Crippen LogP contribution >= 0.6 is 0 Å². The summed E-state index contributed by atoms with van der Waals surface area (Å²) in [5.41, 5.74) is 0. The Labute approximate surface area is 82.5 Å². The molecule has 2 fully saturated rings. The van der Waals surface area contributed by atoms with Crippen LogP contribution in [0.2, 0.25) is 0 Å². The van der Waals surface area contributed by atoms with Crippen molar-refractivity contribution in [3.05, 3.63) is 0 Å². The van der Waals surface area contributed by atoms with Crippen molar-refractivity contribution in [3.8, 4) is 0 Å². The lowest BCUT2D eigenvalue weighted by molar-refractivity contribution is 0.127. The van der Waals surface area contributed by atoms with Crippen LogP contribution in [0.25, 0.3) is 0 Å². The quantitative estimate of drug-likeness (QED) is 0.647. The molecule has 0 aromatic rings. The summed E-state index contributed by atoms with van der Waals surface area (Å²) in [6, 6.07) is 0.887. The number of likely N-dealkylation sites (tertiary alicyclic amines) is 1. The van der Waals surface area contributed by atoms with Crippen molar-refractivity contribution in [2.45, 2.75) is 52.0 Å². The van der Waals surface area contributed by atoms with Gasteiger partial charge in [-0.1, -0.05) is 13.3 Å². The van der Waals surface area contributed by atoms with E-state index in [1.54, 1.807) is 0 Å². The molecule has 1 saturated carbocycles. The average molecular weight is 181 g/mol. The molecular weight excluding hydrogens is 158 g/mol. The lowest BCUT2D eigenvalue weighted by atomic mass is 9.93. The van der Waals surface area contributed by atoms with E-state index in [0.29, 0.717) is 0 Å². The van der Waals surface area contributed by atoms with Gasteiger partial charge in [0.05, 0.1) is 0 Å². The fraction of sp³-hybridized carbons (Fsp3) is 1.00. The summed E-state index contributed by atoms with van der Waals surface area (Å²) in [4.78, 5) is 2.73. The number of nitrogens with zero attached hydrogens (tertiary/aromatic N) is 1. The Kier molecular flexibility index (Phi) is 2.92. The Morgan fingerprint density at radius 3 is 2.23 bits per heavy atom. The van der Waals surface area contributed by atoms with Crippen molar-refractivity contribution in [2.24, 2.45) is 11.8 Å². The Bertz CT molecular complexity index is 155. The lowest BCUT2D eigenvalue weighted by Gasteiger charge is -2.36. The molecule has 1 aliphatic heterocycles. The average Bonchev–Trinajstić information content (AvgIpc) is 3.00. The first-order valence-electron chi connectivity index (χ1n) is 6.05. The fourth-order valence-corrected chi connectivity index (χ4v) is 2.65. The van der Waals surface area contributed by atoms with Crippen LogP contribution in [0.15, 0.2) is 0 Å². The highest BCUT2D eigenvalue weighted by Gasteiger charge is 2.33. The van der Waals surface area contributed by atoms with Crippen LogP contribution in [0.1, 0.15) is 46.0 Å². The van der Waals surface area contributed by atoms with Crippen molar-refractivity contribution in [1.82, 2.24) is 4.90 Å². The molecule has 1 heteroatoms. The van der Waals surface area contributed by atoms with Crippen molar-refractivity contribution in [1.29, 1.82) is 0 Å². The van der Waals surface area contributed by atoms with E-state index in [1.165, 1.54) is 45.2 Å². The molecule has 0 radical (unpaired) electrons. The number of piperidine rings is 1. The van der Waals surface area contributed by atoms with Crippen LogP contribution in [-0.4, -0.2) is 24.0 Å². The van der Waals surface area contributed by atoms with Gasteiger partial charge in [0, 0.05) is 6.04 Å². The third kappa shape index (κ3) is 2.25. The second-order valence-corrected chi connectivity index (χ2v) is 4.97. The Hall–Kier alpha value is -0.0400. The van der Waals surface area contributed by atoms with Crippen molar-refractivity contribution in [3.63, 3.8) is 0 Å². The number of hydrogen-bond acceptors (Lipinski definition) is 1. The SMILES string of the molecule is CCC1CCN(C(C)C2CC2)CC1. The van der Waals surface area contributed by atoms with Gasteiger partial charge < -0.3 is 4.90 Å². The van der Waals surface area contributed by atoms with Gasteiger partial charge in [-0.2, -0.15) is 0 Å². The van der Waals surface area contributed by atoms with E-state index < -0.39 is 0 Å². The van der Waals surface area contributed by atoms with E-state index >= 15 is 0 Å². The number of hydrogen-bond donors (Lipinski definition) is 0. The molecule has 1 atom stereocenters. The predicted molar refractivity (Wildman–Crippen MR) is 56.8 cm³/mol. The van der Waals surface area contributed by atoms with Crippen LogP contribution < -0.4 is 0 Å². The highest BCUT2D eigenvalue weighted by molar-refractivity contribution is 4.87. The van der Waals surface area contributed by atoms with Gasteiger partial charge in [-0.25, -0.2) is 0 Å². The maximum Gasteiger partial charge on any atom is 0.00951 e. The predicted octanol–water partition coefficient (Wildman–Crippen LogP) is 2.91. The highest BCUT2D eigenvalue weighted by Crippen LogP contribution is 2.36. The molecule has 1 heterocycles. The molecule has 0 aromatic carbocycles. The largest absolute Gasteiger partial charge is 0.300 e. The molecule has 13 heavy (non-hydrogen) atoms. The molecule has 0 bridgehead atoms. The Morgan fingerprint density at radius 1 is 1.15 bits per heavy atom. The molecule has 2 aliphatic rings. The number of rotatable bonds is 3. The van der Waals surface area contributed by atoms with E-state index in [9.17, 15) is 0 Å². The smallest absolute Gasteiger partial charge is 0.00951 e. The van der Waals surface area contributed by atoms with Crippen LogP contribution in [0.5, 0.6) is 0 Å². The molecule has 1 unspecified atom stereocenters. The molecular formula is C12H23N. The maximum absolute atomic E-state index is 2.73. The zero-order chi connectivity index (χ0) is 9.26. The summed E-state index contributed by atoms with van der Waals surface area (Å²) >= 11 is 0. The standard InChI is InChI=1S/C12H23N/c1-3-11-6-8-13(9-7-11)10(2)12-4-5-12/h10-12H,3-9H2,1-2H3. The summed E-state index contributed by atoms with van der Waals surface area (Å²) in [6.45, 7) is 7.51. The zero-order valence-electron chi connectivity index (χ0n) is 9.13. The molecule has 76 valence electrons. The van der Waals surface area contributed by atoms with Gasteiger partial charge >= 0.3 is 0 Å². The minimum atomic E-state index is 0.887. The normalized spacial score (nSPS) is 29.1. The monoisotopic (exact) mass is 181 g/mol. The third-order valence-electron chi connectivity index (χ3n) is 4.11. The summed E-state index contributed by atoms with van der Waals surface area (Å²) in [6.07, 6.45) is 7.29. The van der Waals surface area contributed by atoms with Gasteiger partial charge in [-0.15, -0.1) is 0 Å². The zero-order valence-corrected chi connectivity index (χ0v) is 9.13. The molecule has 0 spiro atoms. The first kappa shape index (κ1) is 9.51. The highest BCUT2D eigenvalue weighted by atomic mass is 15.2. The summed E-state index contributed by atoms with van der Waals surface area (Å²) < 4.78 is 0. The van der Waals surface area contributed by atoms with Crippen molar-refractivity contribution in [2.75, 3.05) is 13.1 Å². The van der Waals surface area contributed by atoms with Crippen LogP contribution in [0.4, 0.5) is 0 Å². The lowest BCUT2D eigenvalue weighted by Crippen LogP contribution is -2.40. The maximum atomic E-state index is 2.73. The van der Waals surface area contributed by atoms with Gasteiger partial charge in [0.1, 0.15) is 0 Å². The minimum Gasteiger partial charge on any atom is -0.300 e. The molecule has 0 amide bonds. The molecule has 1 saturated heterocycles. The van der Waals surface area contributed by atoms with E-state index in [1.807, 2.05) is 0 Å². The fourth-order valence-electron chi connectivity index (χ4n) is 2.65. The van der Waals surface area contributed by atoms with Gasteiger partial charge in [-0.05, 0) is 57.5 Å². The minimum absolute atomic E-state index is 0.887. The van der Waals surface area contributed by atoms with E-state index in [4.69, 9.17) is 0 Å². The second kappa shape index (κ2) is 4.00. The van der Waals surface area contributed by atoms with Crippen LogP contribution in [-0.2, 0) is 0 Å². The van der Waals surface area contributed by atoms with Crippen LogP contribution in [0, 0.1) is 11.8 Å². The first-order chi connectivity index (χ1) is 6.31. The topological polar surface area (TPSA) is 3.24 Å². The molecule has 1 aliphatic carbocycles. The summed E-state index contributed by atoms with van der Waals surface area (Å²) in [5.74, 6) is 2.08.